The summed E-state index contributed by atoms with van der Waals surface area (Å²) in [5.74, 6) is 1.96. The van der Waals surface area contributed by atoms with E-state index in [0.29, 0.717) is 0 Å². The monoisotopic (exact) mass is 135 g/mol. The first-order valence-electron chi connectivity index (χ1n) is 4.45. The van der Waals surface area contributed by atoms with Gasteiger partial charge in [0.1, 0.15) is 0 Å². The molecule has 2 saturated carbocycles. The van der Waals surface area contributed by atoms with E-state index in [2.05, 4.69) is 19.3 Å². The molecular weight excluding hydrogens is 120 g/mol. The summed E-state index contributed by atoms with van der Waals surface area (Å²) in [7, 11) is 0. The van der Waals surface area contributed by atoms with Gasteiger partial charge in [-0.15, -0.1) is 0 Å². The summed E-state index contributed by atoms with van der Waals surface area (Å²) in [6.45, 7) is 0. The van der Waals surface area contributed by atoms with Gasteiger partial charge in [-0.3, -0.25) is 0 Å². The Morgan fingerprint density at radius 3 is 3.00 bits per heavy atom. The van der Waals surface area contributed by atoms with Gasteiger partial charge in [0.2, 0.25) is 0 Å². The third kappa shape index (κ3) is 1.21. The summed E-state index contributed by atoms with van der Waals surface area (Å²) < 4.78 is 0. The van der Waals surface area contributed by atoms with Crippen molar-refractivity contribution in [2.45, 2.75) is 32.1 Å². The average molecular weight is 135 g/mol. The molecule has 0 amide bonds. The third-order valence-electron chi connectivity index (χ3n) is 2.87. The van der Waals surface area contributed by atoms with E-state index < -0.39 is 0 Å². The summed E-state index contributed by atoms with van der Waals surface area (Å²) in [6.07, 6.45) is 14.2. The van der Waals surface area contributed by atoms with E-state index in [1.54, 1.807) is 0 Å². The van der Waals surface area contributed by atoms with Crippen molar-refractivity contribution >= 4 is 0 Å². The van der Waals surface area contributed by atoms with Crippen LogP contribution in [0, 0.1) is 31.1 Å². The minimum absolute atomic E-state index is 0.943. The van der Waals surface area contributed by atoms with Gasteiger partial charge in [0.25, 0.3) is 0 Å². The number of rotatable bonds is 0. The Bertz CT molecular complexity index is 80.6. The molecule has 0 aromatic carbocycles. The highest BCUT2D eigenvalue weighted by Gasteiger charge is 2.27. The molecule has 55 valence electrons. The molecule has 0 aromatic heterocycles. The molecule has 0 heterocycles. The van der Waals surface area contributed by atoms with Crippen LogP contribution in [0.25, 0.3) is 0 Å². The van der Waals surface area contributed by atoms with Crippen molar-refractivity contribution in [3.05, 3.63) is 19.3 Å². The van der Waals surface area contributed by atoms with E-state index in [4.69, 9.17) is 0 Å². The summed E-state index contributed by atoms with van der Waals surface area (Å²) in [5.41, 5.74) is 0. The van der Waals surface area contributed by atoms with Crippen LogP contribution < -0.4 is 0 Å². The predicted molar refractivity (Wildman–Crippen MR) is 43.0 cm³/mol. The maximum absolute atomic E-state index is 2.47. The molecule has 2 aliphatic carbocycles. The second-order valence-electron chi connectivity index (χ2n) is 3.53. The highest BCUT2D eigenvalue weighted by atomic mass is 14.3. The smallest absolute Gasteiger partial charge is 0.0318 e. The van der Waals surface area contributed by atoms with Gasteiger partial charge in [-0.2, -0.15) is 0 Å². The summed E-state index contributed by atoms with van der Waals surface area (Å²) in [4.78, 5) is 0. The van der Waals surface area contributed by atoms with Crippen molar-refractivity contribution in [2.24, 2.45) is 11.8 Å². The van der Waals surface area contributed by atoms with Crippen molar-refractivity contribution in [2.75, 3.05) is 0 Å². The lowest BCUT2D eigenvalue weighted by molar-refractivity contribution is 0.272. The molecule has 2 unspecified atom stereocenters. The van der Waals surface area contributed by atoms with Crippen LogP contribution in [0.3, 0.4) is 0 Å². The molecule has 0 N–H and O–H groups in total. The Morgan fingerprint density at radius 2 is 2.10 bits per heavy atom. The molecular formula is C10H15. The molecule has 0 heteroatoms. The van der Waals surface area contributed by atoms with Crippen LogP contribution in [0.15, 0.2) is 0 Å². The molecule has 3 radical (unpaired) electrons. The van der Waals surface area contributed by atoms with E-state index in [1.165, 1.54) is 32.1 Å². The van der Waals surface area contributed by atoms with Gasteiger partial charge in [-0.1, -0.05) is 0 Å². The molecule has 2 atom stereocenters. The number of hydrogen-bond acceptors (Lipinski definition) is 0. The molecule has 0 bridgehead atoms. The van der Waals surface area contributed by atoms with Crippen LogP contribution in [0.1, 0.15) is 32.1 Å². The molecule has 0 spiro atoms. The lowest BCUT2D eigenvalue weighted by Gasteiger charge is -2.34. The first-order valence-corrected chi connectivity index (χ1v) is 4.45. The summed E-state index contributed by atoms with van der Waals surface area (Å²) >= 11 is 0. The second-order valence-corrected chi connectivity index (χ2v) is 3.53. The quantitative estimate of drug-likeness (QED) is 0.479. The minimum Gasteiger partial charge on any atom is -0.0499 e. The summed E-state index contributed by atoms with van der Waals surface area (Å²) in [6, 6.07) is 0. The third-order valence-corrected chi connectivity index (χ3v) is 2.87. The molecule has 2 rings (SSSR count). The first-order chi connectivity index (χ1) is 4.97. The molecule has 0 aliphatic heterocycles. The van der Waals surface area contributed by atoms with Gasteiger partial charge in [0.15, 0.2) is 0 Å². The van der Waals surface area contributed by atoms with Crippen LogP contribution in [0.2, 0.25) is 0 Å². The van der Waals surface area contributed by atoms with Gasteiger partial charge >= 0.3 is 0 Å². The second kappa shape index (κ2) is 2.94. The predicted octanol–water partition coefficient (Wildman–Crippen LogP) is 2.81. The lowest BCUT2D eigenvalue weighted by atomic mass is 9.71. The molecule has 0 aromatic rings. The molecule has 10 heavy (non-hydrogen) atoms. The SMILES string of the molecule is [CH]1[CH]C2CC[CH]CC2CC1. The van der Waals surface area contributed by atoms with Crippen LogP contribution in [0.4, 0.5) is 0 Å². The van der Waals surface area contributed by atoms with Gasteiger partial charge in [0.05, 0.1) is 0 Å². The maximum Gasteiger partial charge on any atom is -0.0318 e. The minimum atomic E-state index is 0.943. The zero-order valence-electron chi connectivity index (χ0n) is 6.42. The van der Waals surface area contributed by atoms with Crippen LogP contribution in [-0.4, -0.2) is 0 Å². The van der Waals surface area contributed by atoms with Crippen molar-refractivity contribution in [3.63, 3.8) is 0 Å². The highest BCUT2D eigenvalue weighted by Crippen LogP contribution is 2.38. The Balaban J connectivity index is 1.93. The Hall–Kier alpha value is 0. The zero-order valence-corrected chi connectivity index (χ0v) is 6.42. The Morgan fingerprint density at radius 1 is 1.10 bits per heavy atom. The van der Waals surface area contributed by atoms with E-state index in [-0.39, 0.29) is 0 Å². The normalized spacial score (nSPS) is 40.8. The van der Waals surface area contributed by atoms with Gasteiger partial charge in [0, 0.05) is 0 Å². The van der Waals surface area contributed by atoms with Gasteiger partial charge in [-0.05, 0) is 63.2 Å². The number of hydrogen-bond donors (Lipinski definition) is 0. The Labute approximate surface area is 64.0 Å². The van der Waals surface area contributed by atoms with Gasteiger partial charge in [-0.25, -0.2) is 0 Å². The van der Waals surface area contributed by atoms with Crippen LogP contribution in [0.5, 0.6) is 0 Å². The standard InChI is InChI=1S/C10H15/c1-2-6-10-8-4-3-7-9(10)5-1/h1,4-5,9-10H,2-3,6-8H2. The van der Waals surface area contributed by atoms with E-state index in [0.717, 1.165) is 11.8 Å². The number of fused-ring (bicyclic) bond motifs is 1. The van der Waals surface area contributed by atoms with E-state index in [9.17, 15) is 0 Å². The summed E-state index contributed by atoms with van der Waals surface area (Å²) in [5, 5.41) is 0. The molecule has 0 saturated heterocycles. The fourth-order valence-electron chi connectivity index (χ4n) is 2.22. The largest absolute Gasteiger partial charge is 0.0499 e. The molecule has 2 aliphatic rings. The maximum atomic E-state index is 2.47. The Kier molecular flexibility index (Phi) is 1.97. The van der Waals surface area contributed by atoms with E-state index >= 15 is 0 Å². The molecule has 0 nitrogen and oxygen atoms in total. The topological polar surface area (TPSA) is 0 Å². The molecule has 2 fully saturated rings. The lowest BCUT2D eigenvalue weighted by Crippen LogP contribution is -2.23. The van der Waals surface area contributed by atoms with Gasteiger partial charge < -0.3 is 0 Å². The van der Waals surface area contributed by atoms with E-state index in [1.807, 2.05) is 0 Å². The highest BCUT2D eigenvalue weighted by molar-refractivity contribution is 5.01. The zero-order chi connectivity index (χ0) is 6.81. The average Bonchev–Trinajstić information content (AvgIpc) is 2.05. The van der Waals surface area contributed by atoms with Crippen molar-refractivity contribution in [1.82, 2.24) is 0 Å². The van der Waals surface area contributed by atoms with Crippen molar-refractivity contribution < 1.29 is 0 Å². The fourth-order valence-corrected chi connectivity index (χ4v) is 2.22. The first kappa shape index (κ1) is 6.69. The fraction of sp³-hybridized carbons (Fsp3) is 0.700. The van der Waals surface area contributed by atoms with Crippen LogP contribution >= 0.6 is 0 Å². The van der Waals surface area contributed by atoms with Crippen molar-refractivity contribution in [3.8, 4) is 0 Å². The van der Waals surface area contributed by atoms with Crippen LogP contribution in [-0.2, 0) is 0 Å². The van der Waals surface area contributed by atoms with Crippen molar-refractivity contribution in [1.29, 1.82) is 0 Å².